The van der Waals surface area contributed by atoms with E-state index in [2.05, 4.69) is 14.8 Å². The van der Waals surface area contributed by atoms with E-state index in [1.807, 2.05) is 42.8 Å². The highest BCUT2D eigenvalue weighted by atomic mass is 32.2. The number of benzene rings is 1. The molecule has 0 saturated heterocycles. The zero-order valence-electron chi connectivity index (χ0n) is 16.0. The smallest absolute Gasteiger partial charge is 0.244 e. The predicted octanol–water partition coefficient (Wildman–Crippen LogP) is 3.75. The maximum atomic E-state index is 12.8. The number of fused-ring (bicyclic) bond motifs is 1. The highest BCUT2D eigenvalue weighted by molar-refractivity contribution is 7.89. The number of thiazole rings is 1. The summed E-state index contributed by atoms with van der Waals surface area (Å²) in [7, 11) is -3.69. The number of sulfonamides is 1. The Morgan fingerprint density at radius 2 is 2.10 bits per heavy atom. The molecular formula is C19H20N4O3S3. The molecule has 1 aromatic carbocycles. The van der Waals surface area contributed by atoms with Crippen LogP contribution in [0.3, 0.4) is 0 Å². The highest BCUT2D eigenvalue weighted by Gasteiger charge is 2.20. The van der Waals surface area contributed by atoms with Crippen molar-refractivity contribution in [1.29, 1.82) is 0 Å². The van der Waals surface area contributed by atoms with Crippen LogP contribution in [0.2, 0.25) is 0 Å². The summed E-state index contributed by atoms with van der Waals surface area (Å²) in [4.78, 5) is 6.51. The fourth-order valence-electron chi connectivity index (χ4n) is 2.90. The van der Waals surface area contributed by atoms with Crippen molar-refractivity contribution in [1.82, 2.24) is 19.3 Å². The minimum absolute atomic E-state index is 0.163. The van der Waals surface area contributed by atoms with Crippen LogP contribution >= 0.6 is 22.7 Å². The summed E-state index contributed by atoms with van der Waals surface area (Å²) in [6, 6.07) is 9.10. The van der Waals surface area contributed by atoms with Crippen molar-refractivity contribution in [3.8, 4) is 16.5 Å². The maximum Gasteiger partial charge on any atom is 0.244 e. The first kappa shape index (κ1) is 20.0. The topological polar surface area (TPSA) is 85.6 Å². The summed E-state index contributed by atoms with van der Waals surface area (Å²) in [5.41, 5.74) is 1.77. The fourth-order valence-corrected chi connectivity index (χ4v) is 5.67. The number of aryl methyl sites for hydroxylation is 1. The molecule has 4 rings (SSSR count). The van der Waals surface area contributed by atoms with E-state index < -0.39 is 10.0 Å². The lowest BCUT2D eigenvalue weighted by Crippen LogP contribution is -2.27. The van der Waals surface area contributed by atoms with E-state index in [1.54, 1.807) is 28.0 Å². The highest BCUT2D eigenvalue weighted by Crippen LogP contribution is 2.26. The van der Waals surface area contributed by atoms with Crippen molar-refractivity contribution in [2.75, 3.05) is 13.2 Å². The number of hydrogen-bond donors (Lipinski definition) is 1. The van der Waals surface area contributed by atoms with Crippen LogP contribution < -0.4 is 9.46 Å². The Morgan fingerprint density at radius 3 is 2.86 bits per heavy atom. The van der Waals surface area contributed by atoms with Gasteiger partial charge in [0.05, 0.1) is 17.2 Å². The average molecular weight is 449 g/mol. The van der Waals surface area contributed by atoms with Crippen LogP contribution in [0.15, 0.2) is 46.0 Å². The summed E-state index contributed by atoms with van der Waals surface area (Å²) in [5.74, 6) is 1.05. The van der Waals surface area contributed by atoms with Crippen molar-refractivity contribution in [3.05, 3.63) is 52.3 Å². The molecule has 29 heavy (non-hydrogen) atoms. The van der Waals surface area contributed by atoms with E-state index in [1.165, 1.54) is 11.3 Å². The van der Waals surface area contributed by atoms with Gasteiger partial charge in [0.15, 0.2) is 5.82 Å². The van der Waals surface area contributed by atoms with Crippen molar-refractivity contribution < 1.29 is 13.2 Å². The van der Waals surface area contributed by atoms with Gasteiger partial charge in [-0.1, -0.05) is 12.1 Å². The van der Waals surface area contributed by atoms with Crippen molar-refractivity contribution in [2.45, 2.75) is 25.2 Å². The summed E-state index contributed by atoms with van der Waals surface area (Å²) < 4.78 is 35.6. The monoisotopic (exact) mass is 448 g/mol. The second kappa shape index (κ2) is 8.23. The Balaban J connectivity index is 1.49. The van der Waals surface area contributed by atoms with Gasteiger partial charge in [0.25, 0.3) is 0 Å². The van der Waals surface area contributed by atoms with Crippen LogP contribution in [-0.2, 0) is 16.4 Å². The van der Waals surface area contributed by atoms with Gasteiger partial charge in [-0.25, -0.2) is 17.7 Å². The first-order valence-electron chi connectivity index (χ1n) is 9.08. The van der Waals surface area contributed by atoms with E-state index in [0.717, 1.165) is 21.1 Å². The van der Waals surface area contributed by atoms with Crippen LogP contribution in [-0.4, -0.2) is 36.2 Å². The molecular weight excluding hydrogens is 428 g/mol. The lowest BCUT2D eigenvalue weighted by molar-refractivity contribution is 0.331. The molecule has 0 bridgehead atoms. The Kier molecular flexibility index (Phi) is 5.68. The van der Waals surface area contributed by atoms with Gasteiger partial charge < -0.3 is 4.74 Å². The Hall–Kier alpha value is -2.27. The largest absolute Gasteiger partial charge is 0.492 e. The third-order valence-corrected chi connectivity index (χ3v) is 7.47. The molecule has 0 aliphatic carbocycles. The number of rotatable bonds is 8. The fraction of sp³-hybridized carbons (Fsp3) is 0.263. The van der Waals surface area contributed by atoms with E-state index in [0.29, 0.717) is 24.6 Å². The van der Waals surface area contributed by atoms with Crippen LogP contribution in [0.25, 0.3) is 15.7 Å². The van der Waals surface area contributed by atoms with Gasteiger partial charge in [-0.05, 0) is 43.0 Å². The van der Waals surface area contributed by atoms with E-state index in [4.69, 9.17) is 4.74 Å². The molecule has 0 spiro atoms. The number of nitrogens with one attached hydrogen (secondary N) is 1. The van der Waals surface area contributed by atoms with Crippen LogP contribution in [0.5, 0.6) is 5.75 Å². The first-order chi connectivity index (χ1) is 14.0. The summed E-state index contributed by atoms with van der Waals surface area (Å²) >= 11 is 3.08. The third kappa shape index (κ3) is 4.20. The average Bonchev–Trinajstić information content (AvgIpc) is 3.41. The number of hydrogen-bond acceptors (Lipinski definition) is 7. The zero-order chi connectivity index (χ0) is 20.4. The van der Waals surface area contributed by atoms with E-state index in [9.17, 15) is 8.42 Å². The van der Waals surface area contributed by atoms with Gasteiger partial charge in [0.1, 0.15) is 10.6 Å². The summed E-state index contributed by atoms with van der Waals surface area (Å²) in [5, 5.41) is 8.51. The molecule has 0 amide bonds. The number of ether oxygens (including phenoxy) is 1. The lowest BCUT2D eigenvalue weighted by atomic mass is 10.2. The molecule has 0 fully saturated rings. The van der Waals surface area contributed by atoms with Crippen molar-refractivity contribution >= 4 is 37.7 Å². The minimum atomic E-state index is -3.69. The van der Waals surface area contributed by atoms with Crippen molar-refractivity contribution in [2.24, 2.45) is 0 Å². The Morgan fingerprint density at radius 1 is 1.24 bits per heavy atom. The molecule has 10 heteroatoms. The molecule has 3 heterocycles. The molecule has 152 valence electrons. The quantitative estimate of drug-likeness (QED) is 0.444. The molecule has 4 aromatic rings. The van der Waals surface area contributed by atoms with Crippen LogP contribution in [0, 0.1) is 6.92 Å². The van der Waals surface area contributed by atoms with Crippen molar-refractivity contribution in [3.63, 3.8) is 0 Å². The molecule has 0 radical (unpaired) electrons. The molecule has 0 aliphatic rings. The SMILES string of the molecule is CCOc1ccc(C)cc1S(=O)(=O)NCCc1csc2nc(-c3cccs3)nn12. The second-order valence-electron chi connectivity index (χ2n) is 6.37. The molecule has 3 aromatic heterocycles. The van der Waals surface area contributed by atoms with Crippen LogP contribution in [0.4, 0.5) is 0 Å². The first-order valence-corrected chi connectivity index (χ1v) is 12.3. The lowest BCUT2D eigenvalue weighted by Gasteiger charge is -2.12. The molecule has 0 saturated carbocycles. The maximum absolute atomic E-state index is 12.8. The van der Waals surface area contributed by atoms with E-state index >= 15 is 0 Å². The number of aromatic nitrogens is 3. The predicted molar refractivity (Wildman–Crippen MR) is 115 cm³/mol. The van der Waals surface area contributed by atoms with Gasteiger partial charge >= 0.3 is 0 Å². The summed E-state index contributed by atoms with van der Waals surface area (Å²) in [6.07, 6.45) is 0.502. The molecule has 0 aliphatic heterocycles. The second-order valence-corrected chi connectivity index (χ2v) is 9.88. The van der Waals surface area contributed by atoms with Gasteiger partial charge in [-0.15, -0.1) is 27.8 Å². The van der Waals surface area contributed by atoms with Crippen LogP contribution in [0.1, 0.15) is 18.2 Å². The molecule has 0 unspecified atom stereocenters. The Bertz CT molecular complexity index is 1230. The molecule has 1 N–H and O–H groups in total. The summed E-state index contributed by atoms with van der Waals surface area (Å²) in [6.45, 7) is 4.33. The molecule has 7 nitrogen and oxygen atoms in total. The van der Waals surface area contributed by atoms with Gasteiger partial charge in [-0.3, -0.25) is 0 Å². The molecule has 0 atom stereocenters. The minimum Gasteiger partial charge on any atom is -0.492 e. The number of nitrogens with zero attached hydrogens (tertiary/aromatic N) is 3. The van der Waals surface area contributed by atoms with Gasteiger partial charge in [0.2, 0.25) is 15.0 Å². The van der Waals surface area contributed by atoms with E-state index in [-0.39, 0.29) is 11.4 Å². The third-order valence-electron chi connectivity index (χ3n) is 4.25. The standard InChI is InChI=1S/C19H20N4O3S3/c1-3-26-15-7-6-13(2)11-17(15)29(24,25)20-9-8-14-12-28-19-21-18(22-23(14)19)16-5-4-10-27-16/h4-7,10-12,20H,3,8-9H2,1-2H3. The zero-order valence-corrected chi connectivity index (χ0v) is 18.4. The van der Waals surface area contributed by atoms with Gasteiger partial charge in [0, 0.05) is 18.3 Å². The number of thiophene rings is 1. The Labute approximate surface area is 177 Å². The normalized spacial score (nSPS) is 11.9. The van der Waals surface area contributed by atoms with Gasteiger partial charge in [-0.2, -0.15) is 4.98 Å².